The quantitative estimate of drug-likeness (QED) is 0.669. The molecule has 5 heteroatoms. The third-order valence-electron chi connectivity index (χ3n) is 4.82. The second-order valence-electron chi connectivity index (χ2n) is 6.76. The van der Waals surface area contributed by atoms with Crippen LogP contribution in [0.1, 0.15) is 57.6 Å². The number of carbonyl (C=O) groups excluding carboxylic acids is 1. The van der Waals surface area contributed by atoms with E-state index < -0.39 is 0 Å². The summed E-state index contributed by atoms with van der Waals surface area (Å²) in [6, 6.07) is 8.68. The minimum Gasteiger partial charge on any atom is -0.338 e. The maximum atomic E-state index is 12.0. The Balaban J connectivity index is 1.58. The van der Waals surface area contributed by atoms with E-state index >= 15 is 0 Å². The minimum atomic E-state index is -0.0863. The smallest absolute Gasteiger partial charge is 0.315 e. The van der Waals surface area contributed by atoms with Crippen LogP contribution in [-0.2, 0) is 0 Å². The van der Waals surface area contributed by atoms with Crippen molar-refractivity contribution in [3.05, 3.63) is 34.3 Å². The first-order valence-electron chi connectivity index (χ1n) is 9.10. The Morgan fingerprint density at radius 2 is 2.04 bits per heavy atom. The molecule has 2 unspecified atom stereocenters. The van der Waals surface area contributed by atoms with Crippen LogP contribution in [0.4, 0.5) is 4.79 Å². The number of piperidine rings is 1. The van der Waals surface area contributed by atoms with Crippen molar-refractivity contribution in [2.24, 2.45) is 0 Å². The minimum absolute atomic E-state index is 0.00676. The summed E-state index contributed by atoms with van der Waals surface area (Å²) in [6.45, 7) is 7.45. The van der Waals surface area contributed by atoms with Gasteiger partial charge in [-0.3, -0.25) is 0 Å². The van der Waals surface area contributed by atoms with Gasteiger partial charge in [0.25, 0.3) is 0 Å². The fraction of sp³-hybridized carbons (Fsp3) is 0.632. The Morgan fingerprint density at radius 1 is 1.29 bits per heavy atom. The zero-order chi connectivity index (χ0) is 17.4. The van der Waals surface area contributed by atoms with Gasteiger partial charge in [0.1, 0.15) is 0 Å². The molecule has 1 saturated heterocycles. The fourth-order valence-electron chi connectivity index (χ4n) is 3.21. The number of likely N-dealkylation sites (tertiary alicyclic amines) is 1. The lowest BCUT2D eigenvalue weighted by atomic mass is 10.0. The molecule has 1 fully saturated rings. The number of nitrogens with one attached hydrogen (secondary N) is 2. The number of hydrogen-bond donors (Lipinski definition) is 2. The highest BCUT2D eigenvalue weighted by Gasteiger charge is 2.17. The van der Waals surface area contributed by atoms with Crippen molar-refractivity contribution < 1.29 is 4.79 Å². The first-order chi connectivity index (χ1) is 11.6. The lowest BCUT2D eigenvalue weighted by Gasteiger charge is -2.33. The molecule has 1 heterocycles. The standard InChI is InChI=1S/C19H30BrN3O/c1-15-7-3-5-13-23(15)14-6-4-12-21-19(24)22-16(2)17-8-10-18(20)11-9-17/h8-11,15-16H,3-7,12-14H2,1-2H3,(H2,21,22,24). The SMILES string of the molecule is CC(NC(=O)NCCCCN1CCCCC1C)c1ccc(Br)cc1. The largest absolute Gasteiger partial charge is 0.338 e. The van der Waals surface area contributed by atoms with E-state index in [1.165, 1.54) is 25.8 Å². The first kappa shape index (κ1) is 19.3. The number of nitrogens with zero attached hydrogens (tertiary/aromatic N) is 1. The molecule has 2 N–H and O–H groups in total. The van der Waals surface area contributed by atoms with Crippen LogP contribution < -0.4 is 10.6 Å². The lowest BCUT2D eigenvalue weighted by molar-refractivity contribution is 0.158. The molecule has 4 nitrogen and oxygen atoms in total. The molecule has 2 rings (SSSR count). The highest BCUT2D eigenvalue weighted by molar-refractivity contribution is 9.10. The zero-order valence-electron chi connectivity index (χ0n) is 14.9. The molecule has 24 heavy (non-hydrogen) atoms. The van der Waals surface area contributed by atoms with Gasteiger partial charge in [0.2, 0.25) is 0 Å². The Kier molecular flexibility index (Phi) is 8.06. The van der Waals surface area contributed by atoms with Crippen molar-refractivity contribution in [2.75, 3.05) is 19.6 Å². The third-order valence-corrected chi connectivity index (χ3v) is 5.34. The van der Waals surface area contributed by atoms with Crippen molar-refractivity contribution in [2.45, 2.75) is 58.0 Å². The molecule has 134 valence electrons. The van der Waals surface area contributed by atoms with Gasteiger partial charge in [-0.25, -0.2) is 4.79 Å². The van der Waals surface area contributed by atoms with Crippen LogP contribution in [0, 0.1) is 0 Å². The number of hydrogen-bond acceptors (Lipinski definition) is 2. The van der Waals surface area contributed by atoms with Gasteiger partial charge < -0.3 is 15.5 Å². The molecule has 0 aliphatic carbocycles. The summed E-state index contributed by atoms with van der Waals surface area (Å²) >= 11 is 3.42. The predicted molar refractivity (Wildman–Crippen MR) is 103 cm³/mol. The number of halogens is 1. The predicted octanol–water partition coefficient (Wildman–Crippen LogP) is 4.46. The van der Waals surface area contributed by atoms with Crippen LogP contribution in [0.2, 0.25) is 0 Å². The van der Waals surface area contributed by atoms with Gasteiger partial charge >= 0.3 is 6.03 Å². The van der Waals surface area contributed by atoms with E-state index in [9.17, 15) is 4.79 Å². The molecule has 1 aromatic rings. The molecular formula is C19H30BrN3O. The molecule has 2 atom stereocenters. The number of urea groups is 1. The monoisotopic (exact) mass is 395 g/mol. The topological polar surface area (TPSA) is 44.4 Å². The second-order valence-corrected chi connectivity index (χ2v) is 7.68. The number of amides is 2. The first-order valence-corrected chi connectivity index (χ1v) is 9.89. The fourth-order valence-corrected chi connectivity index (χ4v) is 3.48. The summed E-state index contributed by atoms with van der Waals surface area (Å²) < 4.78 is 1.05. The van der Waals surface area contributed by atoms with Gasteiger partial charge in [-0.15, -0.1) is 0 Å². The molecule has 0 aromatic heterocycles. The Hall–Kier alpha value is -1.07. The summed E-state index contributed by atoms with van der Waals surface area (Å²) in [7, 11) is 0. The van der Waals surface area contributed by atoms with E-state index in [-0.39, 0.29) is 12.1 Å². The highest BCUT2D eigenvalue weighted by atomic mass is 79.9. The van der Waals surface area contributed by atoms with E-state index in [1.807, 2.05) is 31.2 Å². The van der Waals surface area contributed by atoms with Crippen molar-refractivity contribution in [3.8, 4) is 0 Å². The lowest BCUT2D eigenvalue weighted by Crippen LogP contribution is -2.39. The summed E-state index contributed by atoms with van der Waals surface area (Å²) in [5.74, 6) is 0. The molecule has 1 aliphatic heterocycles. The van der Waals surface area contributed by atoms with E-state index in [4.69, 9.17) is 0 Å². The number of carbonyl (C=O) groups is 1. The summed E-state index contributed by atoms with van der Waals surface area (Å²) in [5, 5.41) is 5.95. The van der Waals surface area contributed by atoms with Gasteiger partial charge in [0, 0.05) is 17.1 Å². The normalized spacial score (nSPS) is 19.7. The van der Waals surface area contributed by atoms with Gasteiger partial charge in [-0.2, -0.15) is 0 Å². The Labute approximate surface area is 154 Å². The summed E-state index contributed by atoms with van der Waals surface area (Å²) in [5.41, 5.74) is 1.10. The second kappa shape index (κ2) is 10.0. The summed E-state index contributed by atoms with van der Waals surface area (Å²) in [4.78, 5) is 14.6. The molecule has 0 spiro atoms. The van der Waals surface area contributed by atoms with Crippen molar-refractivity contribution in [3.63, 3.8) is 0 Å². The third kappa shape index (κ3) is 6.44. The molecule has 0 bridgehead atoms. The van der Waals surface area contributed by atoms with E-state index in [1.54, 1.807) is 0 Å². The van der Waals surface area contributed by atoms with E-state index in [2.05, 4.69) is 38.4 Å². The number of benzene rings is 1. The van der Waals surface area contributed by atoms with E-state index in [0.717, 1.165) is 42.0 Å². The highest BCUT2D eigenvalue weighted by Crippen LogP contribution is 2.17. The van der Waals surface area contributed by atoms with Crippen LogP contribution in [0.3, 0.4) is 0 Å². The van der Waals surface area contributed by atoms with Crippen LogP contribution in [0.25, 0.3) is 0 Å². The van der Waals surface area contributed by atoms with Gasteiger partial charge in [0.05, 0.1) is 6.04 Å². The average molecular weight is 396 g/mol. The molecule has 0 saturated carbocycles. The Bertz CT molecular complexity index is 506. The van der Waals surface area contributed by atoms with Crippen LogP contribution >= 0.6 is 15.9 Å². The molecule has 0 radical (unpaired) electrons. The molecule has 1 aliphatic rings. The van der Waals surface area contributed by atoms with Gasteiger partial charge in [-0.05, 0) is 70.3 Å². The van der Waals surface area contributed by atoms with Crippen molar-refractivity contribution in [1.29, 1.82) is 0 Å². The van der Waals surface area contributed by atoms with Crippen molar-refractivity contribution >= 4 is 22.0 Å². The maximum absolute atomic E-state index is 12.0. The van der Waals surface area contributed by atoms with Crippen LogP contribution in [0.15, 0.2) is 28.7 Å². The van der Waals surface area contributed by atoms with Crippen molar-refractivity contribution in [1.82, 2.24) is 15.5 Å². The number of rotatable bonds is 7. The maximum Gasteiger partial charge on any atom is 0.315 e. The van der Waals surface area contributed by atoms with Crippen LogP contribution in [0.5, 0.6) is 0 Å². The van der Waals surface area contributed by atoms with Crippen LogP contribution in [-0.4, -0.2) is 36.6 Å². The zero-order valence-corrected chi connectivity index (χ0v) is 16.4. The average Bonchev–Trinajstić information content (AvgIpc) is 2.56. The summed E-state index contributed by atoms with van der Waals surface area (Å²) in [6.07, 6.45) is 6.21. The molecule has 2 amide bonds. The number of unbranched alkanes of at least 4 members (excludes halogenated alkanes) is 1. The van der Waals surface area contributed by atoms with Gasteiger partial charge in [-0.1, -0.05) is 34.5 Å². The Morgan fingerprint density at radius 3 is 2.75 bits per heavy atom. The molecule has 1 aromatic carbocycles. The molecular weight excluding hydrogens is 366 g/mol. The van der Waals surface area contributed by atoms with E-state index in [0.29, 0.717) is 0 Å². The van der Waals surface area contributed by atoms with Gasteiger partial charge in [0.15, 0.2) is 0 Å².